The zero-order chi connectivity index (χ0) is 27.2. The maximum absolute atomic E-state index is 13.3. The van der Waals surface area contributed by atoms with Crippen molar-refractivity contribution >= 4 is 40.2 Å². The second kappa shape index (κ2) is 12.0. The molecule has 5 rings (SSSR count). The summed E-state index contributed by atoms with van der Waals surface area (Å²) in [6.45, 7) is 6.27. The number of para-hydroxylation sites is 1. The van der Waals surface area contributed by atoms with Gasteiger partial charge in [-0.3, -0.25) is 14.5 Å². The number of thiazole rings is 1. The lowest BCUT2D eigenvalue weighted by atomic mass is 10.1. The third-order valence-corrected chi connectivity index (χ3v) is 6.21. The summed E-state index contributed by atoms with van der Waals surface area (Å²) < 4.78 is 37.8. The number of carbonyl (C=O) groups excluding carboxylic acids is 1. The molecule has 1 amide bonds. The van der Waals surface area contributed by atoms with Crippen LogP contribution in [0, 0.1) is 0 Å². The number of nitrogens with zero attached hydrogens (tertiary/aromatic N) is 3. The van der Waals surface area contributed by atoms with E-state index in [0.29, 0.717) is 39.4 Å². The highest BCUT2D eigenvalue weighted by Crippen LogP contribution is 2.41. The Morgan fingerprint density at radius 1 is 1.18 bits per heavy atom. The van der Waals surface area contributed by atoms with Gasteiger partial charge in [0.05, 0.1) is 17.1 Å². The second-order valence-corrected chi connectivity index (χ2v) is 9.13. The largest absolute Gasteiger partial charge is 0.458 e. The Bertz CT molecular complexity index is 1470. The van der Waals surface area contributed by atoms with Gasteiger partial charge in [-0.05, 0) is 50.1 Å². The molecule has 1 aliphatic rings. The van der Waals surface area contributed by atoms with E-state index in [1.807, 2.05) is 25.3 Å². The minimum Gasteiger partial charge on any atom is -0.458 e. The number of nitrogens with one attached hydrogen (secondary N) is 1. The Hall–Kier alpha value is -4.05. The lowest BCUT2D eigenvalue weighted by Crippen LogP contribution is -2.15. The Morgan fingerprint density at radius 2 is 1.97 bits per heavy atom. The number of carbonyl (C=O) groups is 1. The molecule has 3 heterocycles. The summed E-state index contributed by atoms with van der Waals surface area (Å²) in [6.07, 6.45) is 7.26. The van der Waals surface area contributed by atoms with E-state index in [-0.39, 0.29) is 17.4 Å². The number of hydrogen-bond acceptors (Lipinski definition) is 6. The number of ether oxygens (including phenoxy) is 2. The van der Waals surface area contributed by atoms with Gasteiger partial charge in [0, 0.05) is 23.1 Å². The molecule has 0 atom stereocenters. The molecule has 1 aromatic carbocycles. The minimum absolute atomic E-state index is 0.0895. The van der Waals surface area contributed by atoms with Crippen LogP contribution >= 0.6 is 11.3 Å². The van der Waals surface area contributed by atoms with E-state index in [4.69, 9.17) is 4.74 Å². The highest BCUT2D eigenvalue weighted by atomic mass is 32.1. The van der Waals surface area contributed by atoms with Crippen molar-refractivity contribution in [2.45, 2.75) is 46.1 Å². The van der Waals surface area contributed by atoms with Crippen LogP contribution in [0.1, 0.15) is 67.0 Å². The number of fused-ring (bicyclic) bond motifs is 1. The third kappa shape index (κ3) is 6.25. The average Bonchev–Trinajstić information content (AvgIpc) is 3.52. The van der Waals surface area contributed by atoms with Gasteiger partial charge >= 0.3 is 6.61 Å². The fraction of sp³-hybridized carbons (Fsp3) is 0.250. The van der Waals surface area contributed by atoms with Crippen molar-refractivity contribution in [2.24, 2.45) is 0 Å². The minimum atomic E-state index is -3.02. The van der Waals surface area contributed by atoms with E-state index >= 15 is 0 Å². The van der Waals surface area contributed by atoms with Crippen molar-refractivity contribution in [1.82, 2.24) is 14.4 Å². The smallest absolute Gasteiger partial charge is 0.387 e. The van der Waals surface area contributed by atoms with Gasteiger partial charge in [-0.25, -0.2) is 9.97 Å². The van der Waals surface area contributed by atoms with Crippen molar-refractivity contribution in [1.29, 1.82) is 0 Å². The van der Waals surface area contributed by atoms with Gasteiger partial charge < -0.3 is 9.47 Å². The fourth-order valence-corrected chi connectivity index (χ4v) is 4.51. The number of rotatable bonds is 9. The molecule has 4 aromatic rings. The Kier molecular flexibility index (Phi) is 8.52. The molecule has 1 aliphatic carbocycles. The standard InChI is InChI=1S/C26H22F2N4O3S.C2H6/c1-15(2)34-23-17(6-5-7-20(23)35-25(27)28)11-12-18-22(32-13-4-3-8-21(32)29-18)24(33)31-26-30-19(14-36-26)16-9-10-16;1-2/h3-8,11-14,16,25H,1,9-10H2,2H3,(H,30,31,33);1-2H3/b12-11+;. The number of alkyl halides is 2. The zero-order valence-electron chi connectivity index (χ0n) is 21.3. The third-order valence-electron chi connectivity index (χ3n) is 5.43. The molecule has 1 N–H and O–H groups in total. The number of pyridine rings is 1. The molecular weight excluding hydrogens is 510 g/mol. The zero-order valence-corrected chi connectivity index (χ0v) is 22.1. The van der Waals surface area contributed by atoms with Gasteiger partial charge in [0.1, 0.15) is 11.3 Å². The molecule has 1 saturated carbocycles. The molecule has 0 spiro atoms. The van der Waals surface area contributed by atoms with Crippen LogP contribution in [0.25, 0.3) is 17.8 Å². The van der Waals surface area contributed by atoms with Crippen molar-refractivity contribution in [2.75, 3.05) is 5.32 Å². The van der Waals surface area contributed by atoms with Gasteiger partial charge in [-0.1, -0.05) is 38.6 Å². The first-order chi connectivity index (χ1) is 18.4. The lowest BCUT2D eigenvalue weighted by Gasteiger charge is -2.14. The molecule has 10 heteroatoms. The molecule has 0 unspecified atom stereocenters. The molecule has 0 saturated heterocycles. The summed E-state index contributed by atoms with van der Waals surface area (Å²) >= 11 is 1.39. The van der Waals surface area contributed by atoms with E-state index in [1.54, 1.807) is 53.9 Å². The molecule has 3 aromatic heterocycles. The fourth-order valence-electron chi connectivity index (χ4n) is 3.73. The van der Waals surface area contributed by atoms with Crippen LogP contribution in [0.15, 0.2) is 60.3 Å². The summed E-state index contributed by atoms with van der Waals surface area (Å²) in [5.74, 6) is 0.390. The predicted molar refractivity (Wildman–Crippen MR) is 146 cm³/mol. The van der Waals surface area contributed by atoms with Crippen LogP contribution in [-0.4, -0.2) is 26.9 Å². The summed E-state index contributed by atoms with van der Waals surface area (Å²) in [5.41, 5.74) is 2.73. The van der Waals surface area contributed by atoms with E-state index in [2.05, 4.69) is 26.6 Å². The van der Waals surface area contributed by atoms with E-state index in [9.17, 15) is 13.6 Å². The van der Waals surface area contributed by atoms with Crippen LogP contribution in [0.4, 0.5) is 13.9 Å². The quantitative estimate of drug-likeness (QED) is 0.222. The Balaban J connectivity index is 0.00000164. The van der Waals surface area contributed by atoms with Crippen LogP contribution in [0.3, 0.4) is 0 Å². The van der Waals surface area contributed by atoms with E-state index in [1.165, 1.54) is 17.4 Å². The Morgan fingerprint density at radius 3 is 2.68 bits per heavy atom. The number of allylic oxidation sites excluding steroid dienone is 1. The average molecular weight is 539 g/mol. The summed E-state index contributed by atoms with van der Waals surface area (Å²) in [6, 6.07) is 10.0. The van der Waals surface area contributed by atoms with Crippen LogP contribution in [0.5, 0.6) is 11.5 Å². The van der Waals surface area contributed by atoms with E-state index < -0.39 is 6.61 Å². The van der Waals surface area contributed by atoms with Crippen LogP contribution in [0.2, 0.25) is 0 Å². The van der Waals surface area contributed by atoms with Crippen molar-refractivity contribution in [3.05, 3.63) is 83.0 Å². The maximum atomic E-state index is 13.3. The summed E-state index contributed by atoms with van der Waals surface area (Å²) in [7, 11) is 0. The normalized spacial score (nSPS) is 12.9. The first-order valence-corrected chi connectivity index (χ1v) is 13.1. The molecule has 0 aliphatic heterocycles. The van der Waals surface area contributed by atoms with Crippen molar-refractivity contribution in [3.63, 3.8) is 0 Å². The van der Waals surface area contributed by atoms with Gasteiger partial charge in [-0.2, -0.15) is 8.78 Å². The number of halogens is 2. The number of benzene rings is 1. The van der Waals surface area contributed by atoms with Crippen molar-refractivity contribution in [3.8, 4) is 11.5 Å². The Labute approximate surface area is 223 Å². The van der Waals surface area contributed by atoms with Gasteiger partial charge in [0.15, 0.2) is 16.6 Å². The second-order valence-electron chi connectivity index (χ2n) is 8.27. The SMILES string of the molecule is C=C(C)Oc1c(/C=C/c2nc3ccccn3c2C(=O)Nc2nc(C3CC3)cs2)cccc1OC(F)F.CC. The maximum Gasteiger partial charge on any atom is 0.387 e. The first kappa shape index (κ1) is 27.0. The van der Waals surface area contributed by atoms with Crippen LogP contribution < -0.4 is 14.8 Å². The van der Waals surface area contributed by atoms with Gasteiger partial charge in [0.25, 0.3) is 5.91 Å². The van der Waals surface area contributed by atoms with E-state index in [0.717, 1.165) is 18.5 Å². The van der Waals surface area contributed by atoms with Crippen molar-refractivity contribution < 1.29 is 23.0 Å². The highest BCUT2D eigenvalue weighted by Gasteiger charge is 2.27. The monoisotopic (exact) mass is 538 g/mol. The number of hydrogen-bond donors (Lipinski definition) is 1. The molecule has 7 nitrogen and oxygen atoms in total. The van der Waals surface area contributed by atoms with Gasteiger partial charge in [0.2, 0.25) is 0 Å². The molecular formula is C28H28F2N4O3S. The molecule has 38 heavy (non-hydrogen) atoms. The molecule has 1 fully saturated rings. The first-order valence-electron chi connectivity index (χ1n) is 12.2. The topological polar surface area (TPSA) is 77.8 Å². The molecule has 198 valence electrons. The number of anilines is 1. The van der Waals surface area contributed by atoms with Crippen LogP contribution in [-0.2, 0) is 0 Å². The van der Waals surface area contributed by atoms with Gasteiger partial charge in [-0.15, -0.1) is 11.3 Å². The molecule has 0 bridgehead atoms. The lowest BCUT2D eigenvalue weighted by molar-refractivity contribution is -0.0511. The number of imidazole rings is 1. The predicted octanol–water partition coefficient (Wildman–Crippen LogP) is 7.63. The summed E-state index contributed by atoms with van der Waals surface area (Å²) in [4.78, 5) is 22.4. The molecule has 0 radical (unpaired) electrons. The summed E-state index contributed by atoms with van der Waals surface area (Å²) in [5, 5.41) is 5.38. The number of aromatic nitrogens is 3. The number of amides is 1. The highest BCUT2D eigenvalue weighted by molar-refractivity contribution is 7.14.